The Morgan fingerprint density at radius 3 is 2.72 bits per heavy atom. The number of H-pyrrole nitrogens is 1. The summed E-state index contributed by atoms with van der Waals surface area (Å²) >= 11 is 6.04. The quantitative estimate of drug-likeness (QED) is 0.507. The van der Waals surface area contributed by atoms with Crippen LogP contribution in [0, 0.1) is 6.92 Å². The van der Waals surface area contributed by atoms with Crippen LogP contribution in [0.25, 0.3) is 11.1 Å². The van der Waals surface area contributed by atoms with Gasteiger partial charge in [-0.1, -0.05) is 48.0 Å². The topological polar surface area (TPSA) is 83.6 Å². The van der Waals surface area contributed by atoms with E-state index >= 15 is 0 Å². The molecule has 1 amide bonds. The molecular weight excluding hydrogens is 386 g/mol. The van der Waals surface area contributed by atoms with E-state index in [9.17, 15) is 4.79 Å². The number of nitrogens with one attached hydrogen (secondary N) is 2. The van der Waals surface area contributed by atoms with Crippen LogP contribution in [0.5, 0.6) is 0 Å². The summed E-state index contributed by atoms with van der Waals surface area (Å²) in [6.07, 6.45) is 2.22. The molecule has 2 aromatic carbocycles. The maximum absolute atomic E-state index is 12.5. The highest BCUT2D eigenvalue weighted by Crippen LogP contribution is 2.27. The van der Waals surface area contributed by atoms with E-state index in [-0.39, 0.29) is 5.82 Å². The molecule has 7 heteroatoms. The van der Waals surface area contributed by atoms with Crippen LogP contribution in [0.15, 0.2) is 66.9 Å². The standard InChI is InChI=1S/C22H18ClN5O/c1-14-11-17(23)7-8-18(14)16-9-10-24-19(13-16)26-22(29)21-25-20(27-28-21)12-15-5-3-2-4-6-15/h2-11,13H,12H2,1H3,(H,24,26,29)(H,25,27,28). The Morgan fingerprint density at radius 2 is 1.93 bits per heavy atom. The predicted molar refractivity (Wildman–Crippen MR) is 113 cm³/mol. The Hall–Kier alpha value is -3.51. The van der Waals surface area contributed by atoms with Crippen molar-refractivity contribution >= 4 is 23.3 Å². The highest BCUT2D eigenvalue weighted by Gasteiger charge is 2.14. The van der Waals surface area contributed by atoms with E-state index in [1.807, 2.05) is 67.6 Å². The zero-order valence-electron chi connectivity index (χ0n) is 15.7. The SMILES string of the molecule is Cc1cc(Cl)ccc1-c1ccnc(NC(=O)c2n[nH]c(Cc3ccccc3)n2)c1. The van der Waals surface area contributed by atoms with Gasteiger partial charge in [-0.2, -0.15) is 0 Å². The van der Waals surface area contributed by atoms with E-state index < -0.39 is 5.91 Å². The van der Waals surface area contributed by atoms with Crippen molar-refractivity contribution in [2.24, 2.45) is 0 Å². The number of pyridine rings is 1. The Bertz CT molecular complexity index is 1160. The Morgan fingerprint density at radius 1 is 1.10 bits per heavy atom. The molecule has 0 fully saturated rings. The first kappa shape index (κ1) is 18.8. The molecule has 4 rings (SSSR count). The first-order chi connectivity index (χ1) is 14.1. The molecule has 0 saturated carbocycles. The van der Waals surface area contributed by atoms with E-state index in [1.165, 1.54) is 0 Å². The summed E-state index contributed by atoms with van der Waals surface area (Å²) in [6.45, 7) is 1.99. The van der Waals surface area contributed by atoms with Crippen molar-refractivity contribution in [2.45, 2.75) is 13.3 Å². The number of benzene rings is 2. The van der Waals surface area contributed by atoms with Gasteiger partial charge in [-0.15, -0.1) is 5.10 Å². The van der Waals surface area contributed by atoms with Crippen molar-refractivity contribution in [2.75, 3.05) is 5.32 Å². The van der Waals surface area contributed by atoms with Crippen LogP contribution in [-0.2, 0) is 6.42 Å². The second-order valence-corrected chi connectivity index (χ2v) is 7.05. The van der Waals surface area contributed by atoms with Gasteiger partial charge < -0.3 is 5.32 Å². The van der Waals surface area contributed by atoms with Gasteiger partial charge in [-0.25, -0.2) is 9.97 Å². The van der Waals surface area contributed by atoms with Crippen molar-refractivity contribution in [3.8, 4) is 11.1 Å². The minimum atomic E-state index is -0.418. The lowest BCUT2D eigenvalue weighted by atomic mass is 10.0. The third-order valence-corrected chi connectivity index (χ3v) is 4.69. The summed E-state index contributed by atoms with van der Waals surface area (Å²) < 4.78 is 0. The monoisotopic (exact) mass is 403 g/mol. The number of aromatic amines is 1. The maximum Gasteiger partial charge on any atom is 0.296 e. The average Bonchev–Trinajstić information content (AvgIpc) is 3.18. The number of nitrogens with zero attached hydrogens (tertiary/aromatic N) is 3. The second-order valence-electron chi connectivity index (χ2n) is 6.61. The number of hydrogen-bond acceptors (Lipinski definition) is 4. The highest BCUT2D eigenvalue weighted by molar-refractivity contribution is 6.30. The molecule has 2 N–H and O–H groups in total. The lowest BCUT2D eigenvalue weighted by Crippen LogP contribution is -2.14. The van der Waals surface area contributed by atoms with Crippen LogP contribution in [0.3, 0.4) is 0 Å². The smallest absolute Gasteiger partial charge is 0.296 e. The van der Waals surface area contributed by atoms with Gasteiger partial charge in [0, 0.05) is 17.6 Å². The van der Waals surface area contributed by atoms with E-state index in [0.29, 0.717) is 23.1 Å². The highest BCUT2D eigenvalue weighted by atomic mass is 35.5. The first-order valence-electron chi connectivity index (χ1n) is 9.07. The van der Waals surface area contributed by atoms with E-state index in [2.05, 4.69) is 25.5 Å². The number of hydrogen-bond donors (Lipinski definition) is 2. The molecule has 2 aromatic heterocycles. The van der Waals surface area contributed by atoms with Crippen LogP contribution >= 0.6 is 11.6 Å². The number of halogens is 1. The van der Waals surface area contributed by atoms with Crippen molar-refractivity contribution in [3.63, 3.8) is 0 Å². The normalized spacial score (nSPS) is 10.7. The summed E-state index contributed by atoms with van der Waals surface area (Å²) in [4.78, 5) is 21.0. The van der Waals surface area contributed by atoms with Gasteiger partial charge in [0.1, 0.15) is 11.6 Å². The predicted octanol–water partition coefficient (Wildman–Crippen LogP) is 4.67. The summed E-state index contributed by atoms with van der Waals surface area (Å²) in [6, 6.07) is 19.2. The number of rotatable bonds is 5. The van der Waals surface area contributed by atoms with Gasteiger partial charge >= 0.3 is 0 Å². The molecule has 29 heavy (non-hydrogen) atoms. The molecule has 6 nitrogen and oxygen atoms in total. The van der Waals surface area contributed by atoms with Gasteiger partial charge in [0.15, 0.2) is 0 Å². The fourth-order valence-corrected chi connectivity index (χ4v) is 3.28. The first-order valence-corrected chi connectivity index (χ1v) is 9.45. The molecule has 0 atom stereocenters. The van der Waals surface area contributed by atoms with Gasteiger partial charge in [0.2, 0.25) is 5.82 Å². The van der Waals surface area contributed by atoms with Crippen molar-refractivity contribution < 1.29 is 4.79 Å². The number of aryl methyl sites for hydroxylation is 1. The molecule has 144 valence electrons. The zero-order valence-corrected chi connectivity index (χ0v) is 16.4. The Labute approximate surface area is 173 Å². The van der Waals surface area contributed by atoms with Crippen LogP contribution in [0.1, 0.15) is 27.6 Å². The lowest BCUT2D eigenvalue weighted by molar-refractivity contribution is 0.101. The Balaban J connectivity index is 1.49. The molecule has 0 bridgehead atoms. The number of anilines is 1. The van der Waals surface area contributed by atoms with Gasteiger partial charge in [-0.3, -0.25) is 9.89 Å². The number of aromatic nitrogens is 4. The minimum absolute atomic E-state index is 0.0748. The van der Waals surface area contributed by atoms with E-state index in [1.54, 1.807) is 6.20 Å². The van der Waals surface area contributed by atoms with Gasteiger partial charge in [0.25, 0.3) is 5.91 Å². The number of carbonyl (C=O) groups excluding carboxylic acids is 1. The fourth-order valence-electron chi connectivity index (χ4n) is 3.05. The Kier molecular flexibility index (Phi) is 5.35. The van der Waals surface area contributed by atoms with Gasteiger partial charge in [-0.05, 0) is 53.4 Å². The molecular formula is C22H18ClN5O. The average molecular weight is 404 g/mol. The van der Waals surface area contributed by atoms with Crippen LogP contribution < -0.4 is 5.32 Å². The van der Waals surface area contributed by atoms with Crippen LogP contribution in [0.2, 0.25) is 5.02 Å². The minimum Gasteiger partial charge on any atom is -0.304 e. The summed E-state index contributed by atoms with van der Waals surface area (Å²) in [5.74, 6) is 0.708. The van der Waals surface area contributed by atoms with E-state index in [0.717, 1.165) is 22.3 Å². The molecule has 0 saturated heterocycles. The number of amides is 1. The fraction of sp³-hybridized carbons (Fsp3) is 0.0909. The largest absolute Gasteiger partial charge is 0.304 e. The lowest BCUT2D eigenvalue weighted by Gasteiger charge is -2.08. The summed E-state index contributed by atoms with van der Waals surface area (Å²) in [5.41, 5.74) is 4.09. The van der Waals surface area contributed by atoms with Crippen molar-refractivity contribution in [1.29, 1.82) is 0 Å². The molecule has 0 unspecified atom stereocenters. The zero-order chi connectivity index (χ0) is 20.2. The summed E-state index contributed by atoms with van der Waals surface area (Å²) in [7, 11) is 0. The molecule has 0 aliphatic heterocycles. The second kappa shape index (κ2) is 8.24. The van der Waals surface area contributed by atoms with Crippen LogP contribution in [0.4, 0.5) is 5.82 Å². The van der Waals surface area contributed by atoms with Crippen molar-refractivity contribution in [3.05, 3.63) is 94.7 Å². The molecule has 2 heterocycles. The van der Waals surface area contributed by atoms with Gasteiger partial charge in [0.05, 0.1) is 0 Å². The third kappa shape index (κ3) is 4.50. The number of carbonyl (C=O) groups is 1. The molecule has 4 aromatic rings. The summed E-state index contributed by atoms with van der Waals surface area (Å²) in [5, 5.41) is 10.3. The molecule has 0 aliphatic carbocycles. The molecule has 0 aliphatic rings. The van der Waals surface area contributed by atoms with E-state index in [4.69, 9.17) is 11.6 Å². The maximum atomic E-state index is 12.5. The molecule has 0 radical (unpaired) electrons. The molecule has 0 spiro atoms. The van der Waals surface area contributed by atoms with Crippen LogP contribution in [-0.4, -0.2) is 26.1 Å². The third-order valence-electron chi connectivity index (χ3n) is 4.45. The van der Waals surface area contributed by atoms with Crippen molar-refractivity contribution in [1.82, 2.24) is 20.2 Å².